The van der Waals surface area contributed by atoms with Gasteiger partial charge in [-0.2, -0.15) is 0 Å². The Hall–Kier alpha value is -1.82. The van der Waals surface area contributed by atoms with Crippen LogP contribution in [0, 0.1) is 5.82 Å². The molecule has 1 aromatic rings. The van der Waals surface area contributed by atoms with Gasteiger partial charge >= 0.3 is 5.97 Å². The number of aliphatic carboxylic acids is 1. The lowest BCUT2D eigenvalue weighted by Crippen LogP contribution is -2.32. The van der Waals surface area contributed by atoms with E-state index in [2.05, 4.69) is 0 Å². The Kier molecular flexibility index (Phi) is 3.11. The molecule has 0 saturated heterocycles. The number of aromatic hydroxyl groups is 2. The lowest BCUT2D eigenvalue weighted by atomic mass is 10.1. The van der Waals surface area contributed by atoms with Crippen molar-refractivity contribution in [3.63, 3.8) is 0 Å². The third-order valence-corrected chi connectivity index (χ3v) is 1.88. The van der Waals surface area contributed by atoms with E-state index < -0.39 is 29.3 Å². The van der Waals surface area contributed by atoms with Gasteiger partial charge < -0.3 is 21.1 Å². The van der Waals surface area contributed by atoms with Crippen molar-refractivity contribution in [2.45, 2.75) is 12.5 Å². The summed E-state index contributed by atoms with van der Waals surface area (Å²) in [6, 6.07) is 0.826. The lowest BCUT2D eigenvalue weighted by molar-refractivity contribution is -0.138. The minimum atomic E-state index is -1.22. The van der Waals surface area contributed by atoms with E-state index in [1.807, 2.05) is 0 Å². The lowest BCUT2D eigenvalue weighted by Gasteiger charge is -2.07. The second-order valence-corrected chi connectivity index (χ2v) is 3.09. The van der Waals surface area contributed by atoms with Crippen molar-refractivity contribution in [1.82, 2.24) is 0 Å². The van der Waals surface area contributed by atoms with E-state index in [-0.39, 0.29) is 12.0 Å². The van der Waals surface area contributed by atoms with Gasteiger partial charge in [0.15, 0.2) is 17.3 Å². The van der Waals surface area contributed by atoms with Gasteiger partial charge in [-0.1, -0.05) is 0 Å². The van der Waals surface area contributed by atoms with Gasteiger partial charge in [-0.25, -0.2) is 4.39 Å². The van der Waals surface area contributed by atoms with Crippen molar-refractivity contribution in [3.8, 4) is 11.5 Å². The molecule has 0 saturated carbocycles. The van der Waals surface area contributed by atoms with Crippen LogP contribution >= 0.6 is 0 Å². The van der Waals surface area contributed by atoms with Crippen LogP contribution < -0.4 is 5.73 Å². The van der Waals surface area contributed by atoms with E-state index in [0.717, 1.165) is 12.1 Å². The second kappa shape index (κ2) is 4.14. The summed E-state index contributed by atoms with van der Waals surface area (Å²) in [6.45, 7) is 0. The first kappa shape index (κ1) is 11.3. The van der Waals surface area contributed by atoms with Gasteiger partial charge in [0.2, 0.25) is 0 Å². The van der Waals surface area contributed by atoms with Crippen LogP contribution in [0.2, 0.25) is 0 Å². The van der Waals surface area contributed by atoms with Gasteiger partial charge in [-0.3, -0.25) is 4.79 Å². The Morgan fingerprint density at radius 2 is 2.07 bits per heavy atom. The first-order valence-corrected chi connectivity index (χ1v) is 4.10. The maximum absolute atomic E-state index is 12.9. The number of nitrogens with two attached hydrogens (primary N) is 1. The fraction of sp³-hybridized carbons (Fsp3) is 0.222. The fourth-order valence-corrected chi connectivity index (χ4v) is 1.10. The van der Waals surface area contributed by atoms with Crippen LogP contribution in [0.3, 0.4) is 0 Å². The highest BCUT2D eigenvalue weighted by atomic mass is 18.2. The normalized spacial score (nSPS) is 12.4. The average Bonchev–Trinajstić information content (AvgIpc) is 2.13. The van der Waals surface area contributed by atoms with E-state index in [1.165, 1.54) is 0 Å². The molecule has 0 aromatic heterocycles. The Morgan fingerprint density at radius 1 is 1.47 bits per heavy atom. The predicted molar refractivity (Wildman–Crippen MR) is 49.0 cm³/mol. The molecule has 1 aromatic carbocycles. The summed E-state index contributed by atoms with van der Waals surface area (Å²) in [4.78, 5) is 10.4. The zero-order valence-corrected chi connectivity index (χ0v) is 7.64. The first-order valence-electron chi connectivity index (χ1n) is 4.10. The number of phenols is 2. The number of hydrogen-bond donors (Lipinski definition) is 4. The van der Waals surface area contributed by atoms with Gasteiger partial charge in [0.25, 0.3) is 0 Å². The zero-order valence-electron chi connectivity index (χ0n) is 7.64. The average molecular weight is 214 g/mol. The summed E-state index contributed by atoms with van der Waals surface area (Å²) >= 11 is 0. The summed E-state index contributed by atoms with van der Waals surface area (Å²) in [5.41, 5.74) is 5.43. The van der Waals surface area contributed by atoms with E-state index in [1.54, 1.807) is 0 Å². The van der Waals surface area contributed by atoms with Gasteiger partial charge in [0.1, 0.15) is 6.04 Å². The number of rotatable bonds is 3. The van der Waals surface area contributed by atoms with Gasteiger partial charge in [-0.05, 0) is 24.1 Å². The third-order valence-electron chi connectivity index (χ3n) is 1.88. The summed E-state index contributed by atoms with van der Waals surface area (Å²) in [5, 5.41) is 26.5. The van der Waals surface area contributed by atoms with Crippen molar-refractivity contribution < 1.29 is 24.5 Å². The highest BCUT2D eigenvalue weighted by molar-refractivity contribution is 5.73. The van der Waals surface area contributed by atoms with Crippen LogP contribution in [0.4, 0.5) is 4.39 Å². The second-order valence-electron chi connectivity index (χ2n) is 3.09. The van der Waals surface area contributed by atoms with Crippen molar-refractivity contribution in [2.24, 2.45) is 5.73 Å². The number of halogens is 1. The number of carboxylic acid groups (broad SMARTS) is 1. The highest BCUT2D eigenvalue weighted by Gasteiger charge is 2.15. The molecule has 0 amide bonds. The molecule has 0 aliphatic heterocycles. The Balaban J connectivity index is 2.92. The molecule has 0 aliphatic carbocycles. The Bertz CT molecular complexity index is 371. The number of phenolic OH excluding ortho intramolecular Hbond substituents is 2. The van der Waals surface area contributed by atoms with Crippen LogP contribution in [-0.2, 0) is 11.2 Å². The van der Waals surface area contributed by atoms with Crippen LogP contribution in [0.5, 0.6) is 11.5 Å². The van der Waals surface area contributed by atoms with Crippen molar-refractivity contribution in [3.05, 3.63) is 23.5 Å². The molecule has 0 spiro atoms. The molecule has 15 heavy (non-hydrogen) atoms. The molecule has 5 nitrogen and oxygen atoms in total. The van der Waals surface area contributed by atoms with Crippen LogP contribution in [-0.4, -0.2) is 27.3 Å². The molecule has 0 fully saturated rings. The molecule has 0 bridgehead atoms. The van der Waals surface area contributed by atoms with Crippen molar-refractivity contribution >= 4 is 5.97 Å². The zero-order chi connectivity index (χ0) is 11.6. The number of hydrogen-bond acceptors (Lipinski definition) is 4. The smallest absolute Gasteiger partial charge is 0.320 e. The summed E-state index contributed by atoms with van der Waals surface area (Å²) in [7, 11) is 0. The van der Waals surface area contributed by atoms with E-state index in [0.29, 0.717) is 0 Å². The molecule has 0 aliphatic rings. The predicted octanol–water partition coefficient (Wildman–Crippen LogP) is 0.191. The van der Waals surface area contributed by atoms with Gasteiger partial charge in [0.05, 0.1) is 0 Å². The molecule has 6 heteroatoms. The molecule has 1 rings (SSSR count). The number of carboxylic acids is 1. The third kappa shape index (κ3) is 2.57. The number of benzene rings is 1. The number of carbonyl (C=O) groups is 1. The topological polar surface area (TPSA) is 104 Å². The Labute approximate surface area is 84.6 Å². The monoisotopic (exact) mass is 214 g/mol. The first-order chi connectivity index (χ1) is 6.91. The molecule has 1 unspecified atom stereocenters. The summed E-state index contributed by atoms with van der Waals surface area (Å²) < 4.78 is 12.9. The van der Waals surface area contributed by atoms with E-state index in [4.69, 9.17) is 21.1 Å². The summed E-state index contributed by atoms with van der Waals surface area (Å²) in [6.07, 6.45) is -0.125. The quantitative estimate of drug-likeness (QED) is 0.538. The SMILES string of the molecule is NC(Cc1cc(O)c(O)c([18F])c1)C(=O)O. The molecule has 1 atom stereocenters. The van der Waals surface area contributed by atoms with E-state index >= 15 is 0 Å². The molecule has 0 radical (unpaired) electrons. The van der Waals surface area contributed by atoms with Crippen LogP contribution in [0.1, 0.15) is 5.56 Å². The van der Waals surface area contributed by atoms with Crippen LogP contribution in [0.25, 0.3) is 0 Å². The van der Waals surface area contributed by atoms with Gasteiger partial charge in [-0.15, -0.1) is 0 Å². The molecule has 0 heterocycles. The Morgan fingerprint density at radius 3 is 2.53 bits per heavy atom. The minimum Gasteiger partial charge on any atom is -0.504 e. The maximum atomic E-state index is 12.9. The summed E-state index contributed by atoms with van der Waals surface area (Å²) in [5.74, 6) is -3.73. The van der Waals surface area contributed by atoms with Crippen molar-refractivity contribution in [1.29, 1.82) is 0 Å². The van der Waals surface area contributed by atoms with Crippen molar-refractivity contribution in [2.75, 3.05) is 0 Å². The van der Waals surface area contributed by atoms with Crippen LogP contribution in [0.15, 0.2) is 12.1 Å². The largest absolute Gasteiger partial charge is 0.504 e. The molecule has 82 valence electrons. The standard InChI is InChI=1S/C9H10FNO4/c10-5-1-4(2-6(11)9(14)15)3-7(12)8(5)13/h1,3,6,12-13H,2,11H2,(H,14,15)/i10-1. The fourth-order valence-electron chi connectivity index (χ4n) is 1.10. The maximum Gasteiger partial charge on any atom is 0.320 e. The molecule has 5 N–H and O–H groups in total. The molecular weight excluding hydrogens is 204 g/mol. The minimum absolute atomic E-state index is 0.125. The van der Waals surface area contributed by atoms with Gasteiger partial charge in [0, 0.05) is 0 Å². The molecular formula is C9H10FNO4. The van der Waals surface area contributed by atoms with E-state index in [9.17, 15) is 9.18 Å². The highest BCUT2D eigenvalue weighted by Crippen LogP contribution is 2.29.